The molecule has 1 heteroatoms. The van der Waals surface area contributed by atoms with E-state index in [0.717, 1.165) is 0 Å². The average Bonchev–Trinajstić information content (AvgIpc) is 2.14. The number of hydrogen-bond donors (Lipinski definition) is 1. The predicted molar refractivity (Wildman–Crippen MR) is 30.6 cm³/mol. The third kappa shape index (κ3) is 0.769. The second-order valence-electron chi connectivity index (χ2n) is 1.51. The summed E-state index contributed by atoms with van der Waals surface area (Å²) in [6.07, 6.45) is 9.28. The summed E-state index contributed by atoms with van der Waals surface area (Å²) in [6, 6.07) is 0. The second kappa shape index (κ2) is 1.73. The fourth-order valence-corrected chi connectivity index (χ4v) is 0.560. The maximum Gasteiger partial charge on any atom is 0.0301 e. The molecule has 0 aromatic rings. The van der Waals surface area contributed by atoms with Crippen LogP contribution >= 0.6 is 0 Å². The molecule has 0 aliphatic heterocycles. The Labute approximate surface area is 42.9 Å². The van der Waals surface area contributed by atoms with Crippen LogP contribution in [0.25, 0.3) is 0 Å². The van der Waals surface area contributed by atoms with Gasteiger partial charge in [0, 0.05) is 12.1 Å². The molecule has 1 aliphatic rings. The van der Waals surface area contributed by atoms with Gasteiger partial charge < -0.3 is 5.41 Å². The highest BCUT2D eigenvalue weighted by Gasteiger charge is 1.94. The van der Waals surface area contributed by atoms with Gasteiger partial charge in [-0.1, -0.05) is 24.3 Å². The van der Waals surface area contributed by atoms with Crippen LogP contribution in [0.2, 0.25) is 0 Å². The number of allylic oxidation sites excluding steroid dienone is 4. The Morgan fingerprint density at radius 3 is 2.14 bits per heavy atom. The Kier molecular flexibility index (Phi) is 1.07. The molecule has 7 heavy (non-hydrogen) atoms. The molecule has 0 aromatic heterocycles. The number of nitrogens with one attached hydrogen (secondary N) is 1. The van der Waals surface area contributed by atoms with Crippen LogP contribution in [0.15, 0.2) is 24.3 Å². The van der Waals surface area contributed by atoms with Crippen LogP contribution in [-0.4, -0.2) is 6.21 Å². The van der Waals surface area contributed by atoms with Crippen molar-refractivity contribution in [2.45, 2.75) is 0 Å². The first kappa shape index (κ1) is 4.31. The topological polar surface area (TPSA) is 23.9 Å². The van der Waals surface area contributed by atoms with Gasteiger partial charge in [0.1, 0.15) is 0 Å². The number of hydrogen-bond acceptors (Lipinski definition) is 1. The van der Waals surface area contributed by atoms with E-state index in [1.54, 1.807) is 0 Å². The molecular formula is C6H7N. The highest BCUT2D eigenvalue weighted by Crippen LogP contribution is 2.03. The van der Waals surface area contributed by atoms with Crippen molar-refractivity contribution < 1.29 is 0 Å². The molecule has 0 amide bonds. The molecule has 0 saturated carbocycles. The van der Waals surface area contributed by atoms with Gasteiger partial charge in [0.25, 0.3) is 0 Å². The van der Waals surface area contributed by atoms with Crippen LogP contribution in [0.5, 0.6) is 0 Å². The Bertz CT molecular complexity index is 110. The van der Waals surface area contributed by atoms with E-state index in [1.807, 2.05) is 24.3 Å². The van der Waals surface area contributed by atoms with Crippen molar-refractivity contribution in [2.75, 3.05) is 0 Å². The molecule has 1 aliphatic carbocycles. The molecule has 0 bridgehead atoms. The van der Waals surface area contributed by atoms with Gasteiger partial charge in [-0.25, -0.2) is 0 Å². The molecule has 0 heterocycles. The standard InChI is InChI=1S/C6H7N/c7-5-6-3-1-2-4-6/h1-7H. The van der Waals surface area contributed by atoms with Crippen LogP contribution in [0, 0.1) is 11.3 Å². The first-order valence-corrected chi connectivity index (χ1v) is 2.29. The monoisotopic (exact) mass is 93.1 g/mol. The van der Waals surface area contributed by atoms with Gasteiger partial charge in [-0.05, 0) is 0 Å². The Morgan fingerprint density at radius 1 is 1.29 bits per heavy atom. The van der Waals surface area contributed by atoms with E-state index in [2.05, 4.69) is 0 Å². The summed E-state index contributed by atoms with van der Waals surface area (Å²) in [6.45, 7) is 0. The maximum atomic E-state index is 6.77. The third-order valence-electron chi connectivity index (χ3n) is 0.970. The van der Waals surface area contributed by atoms with Gasteiger partial charge in [-0.2, -0.15) is 0 Å². The van der Waals surface area contributed by atoms with Crippen molar-refractivity contribution in [1.82, 2.24) is 0 Å². The lowest BCUT2D eigenvalue weighted by molar-refractivity contribution is 1.18. The zero-order valence-corrected chi connectivity index (χ0v) is 3.96. The van der Waals surface area contributed by atoms with E-state index in [-0.39, 0.29) is 5.92 Å². The van der Waals surface area contributed by atoms with Crippen molar-refractivity contribution in [3.63, 3.8) is 0 Å². The molecule has 0 radical (unpaired) electrons. The van der Waals surface area contributed by atoms with E-state index < -0.39 is 0 Å². The summed E-state index contributed by atoms with van der Waals surface area (Å²) >= 11 is 0. The van der Waals surface area contributed by atoms with Crippen molar-refractivity contribution in [2.24, 2.45) is 5.92 Å². The van der Waals surface area contributed by atoms with Crippen molar-refractivity contribution >= 4 is 6.21 Å². The molecule has 0 spiro atoms. The lowest BCUT2D eigenvalue weighted by atomic mass is 10.2. The van der Waals surface area contributed by atoms with Gasteiger partial charge in [0.2, 0.25) is 0 Å². The SMILES string of the molecule is N=CC1C=CC=C1. The van der Waals surface area contributed by atoms with Crippen molar-refractivity contribution in [3.05, 3.63) is 24.3 Å². The van der Waals surface area contributed by atoms with Gasteiger partial charge in [0.15, 0.2) is 0 Å². The van der Waals surface area contributed by atoms with Crippen LogP contribution in [-0.2, 0) is 0 Å². The smallest absolute Gasteiger partial charge is 0.0301 e. The highest BCUT2D eigenvalue weighted by molar-refractivity contribution is 5.64. The number of rotatable bonds is 1. The molecule has 0 atom stereocenters. The fraction of sp³-hybridized carbons (Fsp3) is 0.167. The molecule has 36 valence electrons. The Balaban J connectivity index is 2.59. The Morgan fingerprint density at radius 2 is 1.86 bits per heavy atom. The van der Waals surface area contributed by atoms with Gasteiger partial charge >= 0.3 is 0 Å². The third-order valence-corrected chi connectivity index (χ3v) is 0.970. The minimum Gasteiger partial charge on any atom is -0.312 e. The van der Waals surface area contributed by atoms with Crippen LogP contribution in [0.1, 0.15) is 0 Å². The van der Waals surface area contributed by atoms with E-state index in [1.165, 1.54) is 6.21 Å². The fourth-order valence-electron chi connectivity index (χ4n) is 0.560. The van der Waals surface area contributed by atoms with Crippen LogP contribution in [0.3, 0.4) is 0 Å². The molecule has 0 aromatic carbocycles. The van der Waals surface area contributed by atoms with Gasteiger partial charge in [0.05, 0.1) is 0 Å². The molecule has 1 nitrogen and oxygen atoms in total. The van der Waals surface area contributed by atoms with Gasteiger partial charge in [-0.15, -0.1) is 0 Å². The zero-order valence-electron chi connectivity index (χ0n) is 3.96. The first-order chi connectivity index (χ1) is 3.43. The molecular weight excluding hydrogens is 86.1 g/mol. The largest absolute Gasteiger partial charge is 0.312 e. The van der Waals surface area contributed by atoms with Gasteiger partial charge in [-0.3, -0.25) is 0 Å². The van der Waals surface area contributed by atoms with Crippen LogP contribution < -0.4 is 0 Å². The molecule has 1 rings (SSSR count). The summed E-state index contributed by atoms with van der Waals surface area (Å²) in [7, 11) is 0. The summed E-state index contributed by atoms with van der Waals surface area (Å²) in [5.41, 5.74) is 0. The lowest BCUT2D eigenvalue weighted by Gasteiger charge is -1.86. The van der Waals surface area contributed by atoms with E-state index in [9.17, 15) is 0 Å². The van der Waals surface area contributed by atoms with Crippen molar-refractivity contribution in [3.8, 4) is 0 Å². The molecule has 0 saturated heterocycles. The summed E-state index contributed by atoms with van der Waals surface area (Å²) in [4.78, 5) is 0. The zero-order chi connectivity index (χ0) is 5.11. The summed E-state index contributed by atoms with van der Waals surface area (Å²) in [5, 5.41) is 6.77. The maximum absolute atomic E-state index is 6.77. The Hall–Kier alpha value is -0.850. The highest BCUT2D eigenvalue weighted by atomic mass is 14.3. The van der Waals surface area contributed by atoms with Crippen LogP contribution in [0.4, 0.5) is 0 Å². The molecule has 0 fully saturated rings. The summed E-state index contributed by atoms with van der Waals surface area (Å²) in [5.74, 6) is 0.278. The molecule has 0 unspecified atom stereocenters. The summed E-state index contributed by atoms with van der Waals surface area (Å²) < 4.78 is 0. The normalized spacial score (nSPS) is 18.3. The lowest BCUT2D eigenvalue weighted by Crippen LogP contribution is -1.85. The quantitative estimate of drug-likeness (QED) is 0.473. The molecule has 1 N–H and O–H groups in total. The average molecular weight is 93.1 g/mol. The van der Waals surface area contributed by atoms with E-state index in [0.29, 0.717) is 0 Å². The minimum atomic E-state index is 0.278. The van der Waals surface area contributed by atoms with E-state index >= 15 is 0 Å². The minimum absolute atomic E-state index is 0.278. The second-order valence-corrected chi connectivity index (χ2v) is 1.51. The van der Waals surface area contributed by atoms with Crippen molar-refractivity contribution in [1.29, 1.82) is 5.41 Å². The first-order valence-electron chi connectivity index (χ1n) is 2.29. The predicted octanol–water partition coefficient (Wildman–Crippen LogP) is 1.38. The van der Waals surface area contributed by atoms with E-state index in [4.69, 9.17) is 5.41 Å².